The van der Waals surface area contributed by atoms with Crippen LogP contribution >= 0.6 is 0 Å². The molecule has 0 aliphatic heterocycles. The Morgan fingerprint density at radius 1 is 1.20 bits per heavy atom. The van der Waals surface area contributed by atoms with E-state index in [4.69, 9.17) is 11.1 Å². The molecular formula is C2H4N3-. The highest BCUT2D eigenvalue weighted by Gasteiger charge is 0.689. The molecule has 3 nitrogen and oxygen atoms in total. The van der Waals surface area contributed by atoms with Crippen LogP contribution in [0.2, 0.25) is 0 Å². The van der Waals surface area contributed by atoms with Crippen LogP contribution < -0.4 is 0 Å². The average Bonchev–Trinajstić information content (AvgIpc) is 1.46. The van der Waals surface area contributed by atoms with Crippen LogP contribution in [0.5, 0.6) is 0 Å². The van der Waals surface area contributed by atoms with Crippen molar-refractivity contribution in [3.63, 3.8) is 0 Å². The number of nitrogens with zero attached hydrogens (tertiary/aromatic N) is 3. The molecule has 0 N–H and O–H groups in total. The molecular weight excluding hydrogens is 66.0 g/mol. The lowest BCUT2D eigenvalue weighted by Gasteiger charge is -1.31. The van der Waals surface area contributed by atoms with Gasteiger partial charge in [-0.25, -0.2) is 0 Å². The third-order valence-corrected chi connectivity index (χ3v) is 0. The van der Waals surface area contributed by atoms with Gasteiger partial charge in [0.2, 0.25) is 0 Å². The van der Waals surface area contributed by atoms with Crippen LogP contribution in [0.1, 0.15) is 0 Å². The van der Waals surface area contributed by atoms with E-state index in [0.29, 0.717) is 0 Å². The molecule has 0 aromatic heterocycles. The van der Waals surface area contributed by atoms with Gasteiger partial charge in [-0.2, -0.15) is 0 Å². The predicted molar refractivity (Wildman–Crippen MR) is 21.3 cm³/mol. The van der Waals surface area contributed by atoms with Crippen molar-refractivity contribution in [2.45, 2.75) is 0 Å². The molecule has 0 atom stereocenters. The maximum Gasteiger partial charge on any atom is -0.106 e. The fourth-order valence-corrected chi connectivity index (χ4v) is 0. The van der Waals surface area contributed by atoms with Crippen molar-refractivity contribution in [2.24, 2.45) is 0 Å². The first-order valence-corrected chi connectivity index (χ1v) is 0.900. The Balaban J connectivity index is 0. The summed E-state index contributed by atoms with van der Waals surface area (Å²) in [6.07, 6.45) is 0. The molecule has 0 fully saturated rings. The summed E-state index contributed by atoms with van der Waals surface area (Å²) in [6.45, 7) is 6.00. The maximum absolute atomic E-state index is 6.75. The van der Waals surface area contributed by atoms with Crippen LogP contribution in [-0.2, 0) is 0 Å². The van der Waals surface area contributed by atoms with Gasteiger partial charge in [0.25, 0.3) is 0 Å². The third kappa shape index (κ3) is 3.73. The zero-order valence-electron chi connectivity index (χ0n) is 2.76. The quantitative estimate of drug-likeness (QED) is 0.180. The van der Waals surface area contributed by atoms with Gasteiger partial charge in [0.1, 0.15) is 0 Å². The Hall–Kier alpha value is -0.950. The standard InChI is InChI=1S/C2H4.N3/c1-2;1-3-2/h1-2H2;/q;-1. The first-order valence-electron chi connectivity index (χ1n) is 0.900. The first-order chi connectivity index (χ1) is 2.41. The Morgan fingerprint density at radius 2 is 1.20 bits per heavy atom. The molecule has 0 bridgehead atoms. The zero-order chi connectivity index (χ0) is 4.71. The minimum Gasteiger partial charge on any atom is -0.373 e. The largest absolute Gasteiger partial charge is 0.373 e. The lowest BCUT2D eigenvalue weighted by atomic mass is 11.3. The van der Waals surface area contributed by atoms with Crippen molar-refractivity contribution in [1.29, 1.82) is 0 Å². The van der Waals surface area contributed by atoms with E-state index in [1.54, 1.807) is 0 Å². The van der Waals surface area contributed by atoms with Crippen LogP contribution in [0.4, 0.5) is 0 Å². The Labute approximate surface area is 30.3 Å². The molecule has 0 spiro atoms. The molecule has 0 aliphatic rings. The molecule has 28 valence electrons. The van der Waals surface area contributed by atoms with Crippen LogP contribution in [0.25, 0.3) is 16.0 Å². The van der Waals surface area contributed by atoms with E-state index in [9.17, 15) is 0 Å². The van der Waals surface area contributed by atoms with E-state index in [2.05, 4.69) is 13.2 Å². The lowest BCUT2D eigenvalue weighted by molar-refractivity contribution is 2.36. The zero-order valence-corrected chi connectivity index (χ0v) is 2.76. The summed E-state index contributed by atoms with van der Waals surface area (Å²) in [6, 6.07) is 0. The summed E-state index contributed by atoms with van der Waals surface area (Å²) in [5, 5.41) is 0. The van der Waals surface area contributed by atoms with Crippen LogP contribution in [0.15, 0.2) is 13.2 Å². The highest BCUT2D eigenvalue weighted by Crippen LogP contribution is 1.29. The van der Waals surface area contributed by atoms with Gasteiger partial charge in [-0.15, -0.1) is 13.2 Å². The van der Waals surface area contributed by atoms with Crippen molar-refractivity contribution in [3.05, 3.63) is 29.1 Å². The SMILES string of the molecule is C=C.[N-]=[N+]=[N-]. The second kappa shape index (κ2) is 5130. The van der Waals surface area contributed by atoms with Gasteiger partial charge < -0.3 is 11.1 Å². The molecule has 0 rings (SSSR count). The molecule has 0 unspecified atom stereocenters. The molecule has 0 saturated carbocycles. The molecule has 0 aromatic carbocycles. The van der Waals surface area contributed by atoms with E-state index in [1.807, 2.05) is 0 Å². The highest BCUT2D eigenvalue weighted by atomic mass is 15.0. The maximum atomic E-state index is 6.75. The first kappa shape index (κ1) is 8.96. The Kier molecular flexibility index (Phi) is 9190. The molecule has 0 amide bonds. The molecule has 3 heteroatoms. The van der Waals surface area contributed by atoms with Gasteiger partial charge in [-0.1, -0.05) is 0 Å². The van der Waals surface area contributed by atoms with E-state index in [0.717, 1.165) is 0 Å². The predicted octanol–water partition coefficient (Wildman–Crippen LogP) is 1.67. The molecule has 0 radical (unpaired) electrons. The van der Waals surface area contributed by atoms with Crippen molar-refractivity contribution in [3.8, 4) is 0 Å². The number of hydrogen-bond donors (Lipinski definition) is 0. The molecule has 0 saturated heterocycles. The fraction of sp³-hybridized carbons (Fsp3) is 0. The minimum absolute atomic E-state index is 1.50. The highest BCUT2D eigenvalue weighted by molar-refractivity contribution is 4.36. The smallest absolute Gasteiger partial charge is 0.106 e. The third-order valence-electron chi connectivity index (χ3n) is 0. The van der Waals surface area contributed by atoms with Gasteiger partial charge in [-0.05, 0) is 0 Å². The molecule has 0 heterocycles. The summed E-state index contributed by atoms with van der Waals surface area (Å²) < 4.78 is 0. The summed E-state index contributed by atoms with van der Waals surface area (Å²) in [5.74, 6) is 0. The summed E-state index contributed by atoms with van der Waals surface area (Å²) in [5.41, 5.74) is 13.5. The molecule has 0 aromatic rings. The summed E-state index contributed by atoms with van der Waals surface area (Å²) in [4.78, 5) is 1.50. The summed E-state index contributed by atoms with van der Waals surface area (Å²) >= 11 is 0. The van der Waals surface area contributed by atoms with Gasteiger partial charge in [-0.3, -0.25) is 4.91 Å². The topological polar surface area (TPSA) is 58.7 Å². The summed E-state index contributed by atoms with van der Waals surface area (Å²) in [7, 11) is 0. The van der Waals surface area contributed by atoms with Gasteiger partial charge in [0.05, 0.1) is 0 Å². The number of rotatable bonds is 0. The second-order valence-electron chi connectivity index (χ2n) is 0.0894. The van der Waals surface area contributed by atoms with Gasteiger partial charge in [0, 0.05) is 0 Å². The van der Waals surface area contributed by atoms with E-state index in [1.165, 1.54) is 4.91 Å². The van der Waals surface area contributed by atoms with Crippen LogP contribution in [-0.4, -0.2) is 0 Å². The van der Waals surface area contributed by atoms with E-state index >= 15 is 0 Å². The van der Waals surface area contributed by atoms with Crippen LogP contribution in [0.3, 0.4) is 0 Å². The van der Waals surface area contributed by atoms with Crippen molar-refractivity contribution < 1.29 is 0 Å². The monoisotopic (exact) mass is 70.0 g/mol. The van der Waals surface area contributed by atoms with Crippen LogP contribution in [0, 0.1) is 0 Å². The van der Waals surface area contributed by atoms with E-state index in [-0.39, 0.29) is 0 Å². The lowest BCUT2D eigenvalue weighted by Crippen LogP contribution is -0.711. The molecule has 0 aliphatic carbocycles. The Bertz CT molecular complexity index is 34.2. The number of hydrogen-bond acceptors (Lipinski definition) is 0. The second-order valence-corrected chi connectivity index (χ2v) is 0.0894. The van der Waals surface area contributed by atoms with Crippen molar-refractivity contribution in [1.82, 2.24) is 0 Å². The van der Waals surface area contributed by atoms with E-state index < -0.39 is 0 Å². The van der Waals surface area contributed by atoms with Gasteiger partial charge in [0.15, 0.2) is 0 Å². The molecule has 5 heavy (non-hydrogen) atoms. The van der Waals surface area contributed by atoms with Gasteiger partial charge >= 0.3 is 0 Å². The Morgan fingerprint density at radius 3 is 1.20 bits per heavy atom. The fourth-order valence-electron chi connectivity index (χ4n) is 0. The minimum atomic E-state index is 1.50. The average molecular weight is 70.1 g/mol. The van der Waals surface area contributed by atoms with Crippen molar-refractivity contribution >= 4 is 0 Å². The normalized spacial score (nSPS) is 2.40. The van der Waals surface area contributed by atoms with Crippen molar-refractivity contribution in [2.75, 3.05) is 0 Å².